The molecule has 1 aromatic rings. The normalized spacial score (nSPS) is 10.4. The highest BCUT2D eigenvalue weighted by atomic mass is 16.5. The summed E-state index contributed by atoms with van der Waals surface area (Å²) in [4.78, 5) is 13.8. The van der Waals surface area contributed by atoms with E-state index in [1.165, 1.54) is 0 Å². The molecule has 4 nitrogen and oxygen atoms in total. The van der Waals surface area contributed by atoms with Gasteiger partial charge >= 0.3 is 0 Å². The highest BCUT2D eigenvalue weighted by Crippen LogP contribution is 2.29. The van der Waals surface area contributed by atoms with Crippen LogP contribution in [0.2, 0.25) is 0 Å². The van der Waals surface area contributed by atoms with Gasteiger partial charge in [0.25, 0.3) is 0 Å². The Balaban J connectivity index is 2.85. The van der Waals surface area contributed by atoms with E-state index in [1.54, 1.807) is 12.0 Å². The van der Waals surface area contributed by atoms with Crippen molar-refractivity contribution in [1.82, 2.24) is 5.32 Å². The van der Waals surface area contributed by atoms with Gasteiger partial charge in [-0.2, -0.15) is 0 Å². The van der Waals surface area contributed by atoms with Gasteiger partial charge in [-0.05, 0) is 57.1 Å². The smallest absolute Gasteiger partial charge is 0.226 e. The van der Waals surface area contributed by atoms with Crippen molar-refractivity contribution >= 4 is 11.6 Å². The zero-order chi connectivity index (χ0) is 14.4. The number of carbonyl (C=O) groups is 1. The SMILES string of the molecule is CNCCCC(=O)N(C)c1ccc(OC)c(C)c1C. The Morgan fingerprint density at radius 3 is 2.58 bits per heavy atom. The van der Waals surface area contributed by atoms with E-state index in [2.05, 4.69) is 5.32 Å². The molecule has 1 rings (SSSR count). The van der Waals surface area contributed by atoms with Crippen LogP contribution in [0.1, 0.15) is 24.0 Å². The van der Waals surface area contributed by atoms with Gasteiger partial charge in [-0.3, -0.25) is 4.79 Å². The second-order valence-corrected chi connectivity index (χ2v) is 4.70. The van der Waals surface area contributed by atoms with Crippen LogP contribution in [0.25, 0.3) is 0 Å². The van der Waals surface area contributed by atoms with Crippen LogP contribution in [-0.4, -0.2) is 33.7 Å². The zero-order valence-corrected chi connectivity index (χ0v) is 12.5. The molecule has 1 N–H and O–H groups in total. The molecule has 0 radical (unpaired) electrons. The molecule has 0 aromatic heterocycles. The number of ether oxygens (including phenoxy) is 1. The number of rotatable bonds is 6. The number of carbonyl (C=O) groups excluding carboxylic acids is 1. The third-order valence-corrected chi connectivity index (χ3v) is 3.48. The van der Waals surface area contributed by atoms with Crippen LogP contribution in [-0.2, 0) is 4.79 Å². The number of hydrogen-bond donors (Lipinski definition) is 1. The number of nitrogens with one attached hydrogen (secondary N) is 1. The molecular weight excluding hydrogens is 240 g/mol. The highest BCUT2D eigenvalue weighted by Gasteiger charge is 2.15. The lowest BCUT2D eigenvalue weighted by Crippen LogP contribution is -2.27. The molecule has 1 aromatic carbocycles. The second-order valence-electron chi connectivity index (χ2n) is 4.70. The molecule has 0 aliphatic carbocycles. The van der Waals surface area contributed by atoms with E-state index in [4.69, 9.17) is 4.74 Å². The van der Waals surface area contributed by atoms with Crippen molar-refractivity contribution in [3.63, 3.8) is 0 Å². The van der Waals surface area contributed by atoms with Crippen LogP contribution in [0.5, 0.6) is 5.75 Å². The zero-order valence-electron chi connectivity index (χ0n) is 12.5. The molecule has 0 unspecified atom stereocenters. The van der Waals surface area contributed by atoms with Crippen molar-refractivity contribution in [3.05, 3.63) is 23.3 Å². The third kappa shape index (κ3) is 3.70. The van der Waals surface area contributed by atoms with Crippen molar-refractivity contribution in [3.8, 4) is 5.75 Å². The van der Waals surface area contributed by atoms with E-state index >= 15 is 0 Å². The fourth-order valence-electron chi connectivity index (χ4n) is 2.08. The highest BCUT2D eigenvalue weighted by molar-refractivity contribution is 5.93. The van der Waals surface area contributed by atoms with E-state index in [1.807, 2.05) is 40.1 Å². The predicted molar refractivity (Wildman–Crippen MR) is 79.0 cm³/mol. The van der Waals surface area contributed by atoms with E-state index in [0.29, 0.717) is 6.42 Å². The van der Waals surface area contributed by atoms with Crippen molar-refractivity contribution in [2.45, 2.75) is 26.7 Å². The van der Waals surface area contributed by atoms with Gasteiger partial charge in [0, 0.05) is 19.2 Å². The number of nitrogens with zero attached hydrogens (tertiary/aromatic N) is 1. The monoisotopic (exact) mass is 264 g/mol. The Morgan fingerprint density at radius 1 is 1.32 bits per heavy atom. The van der Waals surface area contributed by atoms with E-state index in [9.17, 15) is 4.79 Å². The lowest BCUT2D eigenvalue weighted by atomic mass is 10.1. The summed E-state index contributed by atoms with van der Waals surface area (Å²) in [5, 5.41) is 3.05. The molecule has 0 heterocycles. The molecule has 4 heteroatoms. The maximum absolute atomic E-state index is 12.1. The number of methoxy groups -OCH3 is 1. The molecule has 0 bridgehead atoms. The van der Waals surface area contributed by atoms with Gasteiger partial charge in [-0.15, -0.1) is 0 Å². The number of amides is 1. The van der Waals surface area contributed by atoms with Crippen LogP contribution in [0, 0.1) is 13.8 Å². The van der Waals surface area contributed by atoms with Gasteiger partial charge in [0.05, 0.1) is 7.11 Å². The Morgan fingerprint density at radius 2 is 2.00 bits per heavy atom. The fourth-order valence-corrected chi connectivity index (χ4v) is 2.08. The first-order valence-corrected chi connectivity index (χ1v) is 6.58. The quantitative estimate of drug-likeness (QED) is 0.801. The van der Waals surface area contributed by atoms with E-state index in [-0.39, 0.29) is 5.91 Å². The molecule has 0 fully saturated rings. The summed E-state index contributed by atoms with van der Waals surface area (Å²) >= 11 is 0. The van der Waals surface area contributed by atoms with Crippen molar-refractivity contribution in [2.75, 3.05) is 32.6 Å². The largest absolute Gasteiger partial charge is 0.496 e. The minimum atomic E-state index is 0.142. The number of hydrogen-bond acceptors (Lipinski definition) is 3. The van der Waals surface area contributed by atoms with E-state index in [0.717, 1.165) is 35.5 Å². The second kappa shape index (κ2) is 7.14. The van der Waals surface area contributed by atoms with Gasteiger partial charge in [0.1, 0.15) is 5.75 Å². The topological polar surface area (TPSA) is 41.6 Å². The van der Waals surface area contributed by atoms with Crippen LogP contribution < -0.4 is 15.0 Å². The summed E-state index contributed by atoms with van der Waals surface area (Å²) in [5.41, 5.74) is 3.12. The molecular formula is C15H24N2O2. The molecule has 0 aliphatic heterocycles. The molecule has 1 amide bonds. The minimum absolute atomic E-state index is 0.142. The molecule has 0 spiro atoms. The molecule has 0 aliphatic rings. The minimum Gasteiger partial charge on any atom is -0.496 e. The lowest BCUT2D eigenvalue weighted by Gasteiger charge is -2.21. The standard InChI is InChI=1S/C15H24N2O2/c1-11-12(2)14(19-5)9-8-13(11)17(4)15(18)7-6-10-16-3/h8-9,16H,6-7,10H2,1-5H3. The van der Waals surface area contributed by atoms with Gasteiger partial charge in [0.2, 0.25) is 5.91 Å². The first-order valence-electron chi connectivity index (χ1n) is 6.58. The summed E-state index contributed by atoms with van der Waals surface area (Å²) in [6, 6.07) is 3.85. The lowest BCUT2D eigenvalue weighted by molar-refractivity contribution is -0.118. The summed E-state index contributed by atoms with van der Waals surface area (Å²) in [6.45, 7) is 4.89. The Bertz CT molecular complexity index is 444. The van der Waals surface area contributed by atoms with Crippen LogP contribution in [0.15, 0.2) is 12.1 Å². The molecule has 19 heavy (non-hydrogen) atoms. The van der Waals surface area contributed by atoms with Crippen molar-refractivity contribution in [1.29, 1.82) is 0 Å². The first-order chi connectivity index (χ1) is 9.02. The molecule has 0 atom stereocenters. The summed E-state index contributed by atoms with van der Waals surface area (Å²) in [7, 11) is 5.38. The first kappa shape index (κ1) is 15.5. The Labute approximate surface area is 115 Å². The number of anilines is 1. The van der Waals surface area contributed by atoms with Crippen LogP contribution in [0.3, 0.4) is 0 Å². The van der Waals surface area contributed by atoms with Gasteiger partial charge in [-0.1, -0.05) is 0 Å². The number of benzene rings is 1. The third-order valence-electron chi connectivity index (χ3n) is 3.48. The van der Waals surface area contributed by atoms with Crippen LogP contribution >= 0.6 is 0 Å². The average molecular weight is 264 g/mol. The van der Waals surface area contributed by atoms with Crippen molar-refractivity contribution < 1.29 is 9.53 Å². The molecule has 0 saturated carbocycles. The van der Waals surface area contributed by atoms with Crippen LogP contribution in [0.4, 0.5) is 5.69 Å². The van der Waals surface area contributed by atoms with Gasteiger partial charge < -0.3 is 15.0 Å². The maximum atomic E-state index is 12.1. The van der Waals surface area contributed by atoms with Crippen molar-refractivity contribution in [2.24, 2.45) is 0 Å². The molecule has 106 valence electrons. The average Bonchev–Trinajstić information content (AvgIpc) is 2.41. The fraction of sp³-hybridized carbons (Fsp3) is 0.533. The Hall–Kier alpha value is -1.55. The van der Waals surface area contributed by atoms with Gasteiger partial charge in [0.15, 0.2) is 0 Å². The summed E-state index contributed by atoms with van der Waals surface area (Å²) < 4.78 is 5.29. The maximum Gasteiger partial charge on any atom is 0.226 e. The van der Waals surface area contributed by atoms with E-state index < -0.39 is 0 Å². The Kier molecular flexibility index (Phi) is 5.83. The predicted octanol–water partition coefficient (Wildman–Crippen LogP) is 2.27. The summed E-state index contributed by atoms with van der Waals surface area (Å²) in [6.07, 6.45) is 1.41. The van der Waals surface area contributed by atoms with Gasteiger partial charge in [-0.25, -0.2) is 0 Å². The molecule has 0 saturated heterocycles. The summed E-state index contributed by atoms with van der Waals surface area (Å²) in [5.74, 6) is 1.00.